The average Bonchev–Trinajstić information content (AvgIpc) is 3.04. The maximum Gasteiger partial charge on any atom is 0.409 e. The standard InChI is InChI=1S/C19H21ClN4O2/c1-2-26-19(25)23-8-5-14(6-9-23)17-16-11-15(20)4-3-13(16)7-10-24-18(17)21-12-22-24/h3-4,11-12H,2,5-10H2,1H3. The van der Waals surface area contributed by atoms with Crippen LogP contribution in [0.3, 0.4) is 0 Å². The minimum absolute atomic E-state index is 0.232. The second kappa shape index (κ2) is 7.11. The minimum atomic E-state index is -0.232. The number of fused-ring (bicyclic) bond motifs is 2. The lowest BCUT2D eigenvalue weighted by atomic mass is 9.90. The molecule has 4 rings (SSSR count). The van der Waals surface area contributed by atoms with Crippen LogP contribution in [0.1, 0.15) is 36.7 Å². The van der Waals surface area contributed by atoms with Gasteiger partial charge in [0.25, 0.3) is 0 Å². The first kappa shape index (κ1) is 17.1. The van der Waals surface area contributed by atoms with E-state index in [1.165, 1.54) is 11.1 Å². The number of hydrogen-bond acceptors (Lipinski definition) is 4. The van der Waals surface area contributed by atoms with Gasteiger partial charge in [0.1, 0.15) is 6.33 Å². The fraction of sp³-hybridized carbons (Fsp3) is 0.421. The number of hydrogen-bond donors (Lipinski definition) is 0. The van der Waals surface area contributed by atoms with Gasteiger partial charge in [-0.1, -0.05) is 23.2 Å². The van der Waals surface area contributed by atoms with E-state index in [0.717, 1.165) is 47.8 Å². The Morgan fingerprint density at radius 2 is 2.04 bits per heavy atom. The number of halogens is 1. The molecule has 1 fully saturated rings. The van der Waals surface area contributed by atoms with Gasteiger partial charge in [0.15, 0.2) is 5.82 Å². The number of nitrogens with zero attached hydrogens (tertiary/aromatic N) is 4. The van der Waals surface area contributed by atoms with Gasteiger partial charge in [-0.25, -0.2) is 14.5 Å². The molecule has 0 saturated carbocycles. The van der Waals surface area contributed by atoms with Crippen molar-refractivity contribution in [2.24, 2.45) is 0 Å². The number of ether oxygens (including phenoxy) is 1. The normalized spacial score (nSPS) is 16.8. The van der Waals surface area contributed by atoms with E-state index in [4.69, 9.17) is 16.3 Å². The summed E-state index contributed by atoms with van der Waals surface area (Å²) in [4.78, 5) is 18.3. The van der Waals surface area contributed by atoms with Crippen LogP contribution in [0, 0.1) is 0 Å². The van der Waals surface area contributed by atoms with Crippen LogP contribution in [0.2, 0.25) is 5.02 Å². The van der Waals surface area contributed by atoms with Crippen LogP contribution < -0.4 is 0 Å². The lowest BCUT2D eigenvalue weighted by Gasteiger charge is -2.29. The molecule has 0 atom stereocenters. The SMILES string of the molecule is CCOC(=O)N1CCC(=C2c3cc(Cl)ccc3CCn3ncnc32)CC1. The molecular formula is C19H21ClN4O2. The predicted octanol–water partition coefficient (Wildman–Crippen LogP) is 3.54. The number of benzene rings is 1. The topological polar surface area (TPSA) is 60.2 Å². The van der Waals surface area contributed by atoms with Crippen molar-refractivity contribution in [1.29, 1.82) is 0 Å². The summed E-state index contributed by atoms with van der Waals surface area (Å²) in [7, 11) is 0. The van der Waals surface area contributed by atoms with Gasteiger partial charge in [-0.2, -0.15) is 5.10 Å². The van der Waals surface area contributed by atoms with Gasteiger partial charge >= 0.3 is 6.09 Å². The molecule has 0 aliphatic carbocycles. The van der Waals surface area contributed by atoms with Crippen LogP contribution in [0.5, 0.6) is 0 Å². The molecule has 2 aromatic rings. The second-order valence-corrected chi connectivity index (χ2v) is 6.96. The number of aromatic nitrogens is 3. The lowest BCUT2D eigenvalue weighted by molar-refractivity contribution is 0.104. The maximum absolute atomic E-state index is 12.0. The van der Waals surface area contributed by atoms with E-state index in [1.54, 1.807) is 11.2 Å². The van der Waals surface area contributed by atoms with Crippen LogP contribution in [0.15, 0.2) is 30.1 Å². The molecule has 1 aromatic heterocycles. The van der Waals surface area contributed by atoms with E-state index in [2.05, 4.69) is 16.1 Å². The summed E-state index contributed by atoms with van der Waals surface area (Å²) < 4.78 is 7.09. The first-order chi connectivity index (χ1) is 12.7. The Hall–Kier alpha value is -2.34. The molecule has 1 aromatic carbocycles. The summed E-state index contributed by atoms with van der Waals surface area (Å²) in [5.74, 6) is 0.894. The molecule has 0 unspecified atom stereocenters. The molecule has 2 aliphatic rings. The number of piperidine rings is 1. The molecule has 2 aliphatic heterocycles. The van der Waals surface area contributed by atoms with Crippen molar-refractivity contribution >= 4 is 23.3 Å². The van der Waals surface area contributed by atoms with E-state index >= 15 is 0 Å². The Morgan fingerprint density at radius 3 is 2.81 bits per heavy atom. The largest absolute Gasteiger partial charge is 0.450 e. The van der Waals surface area contributed by atoms with Crippen molar-refractivity contribution < 1.29 is 9.53 Å². The third kappa shape index (κ3) is 3.09. The van der Waals surface area contributed by atoms with Crippen molar-refractivity contribution in [2.75, 3.05) is 19.7 Å². The number of rotatable bonds is 1. The summed E-state index contributed by atoms with van der Waals surface area (Å²) in [6, 6.07) is 6.06. The van der Waals surface area contributed by atoms with E-state index in [1.807, 2.05) is 23.7 Å². The number of likely N-dealkylation sites (tertiary alicyclic amines) is 1. The minimum Gasteiger partial charge on any atom is -0.450 e. The van der Waals surface area contributed by atoms with Crippen LogP contribution in [0.4, 0.5) is 4.79 Å². The number of amides is 1. The highest BCUT2D eigenvalue weighted by Crippen LogP contribution is 2.36. The van der Waals surface area contributed by atoms with Crippen LogP contribution in [-0.2, 0) is 17.7 Å². The van der Waals surface area contributed by atoms with Gasteiger partial charge in [-0.15, -0.1) is 0 Å². The van der Waals surface area contributed by atoms with Gasteiger partial charge in [-0.3, -0.25) is 0 Å². The Morgan fingerprint density at radius 1 is 1.23 bits per heavy atom. The molecule has 0 radical (unpaired) electrons. The van der Waals surface area contributed by atoms with Crippen molar-refractivity contribution in [3.05, 3.63) is 52.1 Å². The Labute approximate surface area is 157 Å². The van der Waals surface area contributed by atoms with E-state index in [-0.39, 0.29) is 6.09 Å². The van der Waals surface area contributed by atoms with Gasteiger partial charge in [0, 0.05) is 30.2 Å². The monoisotopic (exact) mass is 372 g/mol. The van der Waals surface area contributed by atoms with E-state index < -0.39 is 0 Å². The first-order valence-corrected chi connectivity index (χ1v) is 9.36. The van der Waals surface area contributed by atoms with E-state index in [9.17, 15) is 4.79 Å². The molecule has 0 spiro atoms. The third-order valence-electron chi connectivity index (χ3n) is 5.02. The van der Waals surface area contributed by atoms with Crippen LogP contribution in [0.25, 0.3) is 5.57 Å². The van der Waals surface area contributed by atoms with Gasteiger partial charge in [0.05, 0.1) is 6.61 Å². The van der Waals surface area contributed by atoms with Gasteiger partial charge < -0.3 is 9.64 Å². The van der Waals surface area contributed by atoms with Crippen LogP contribution >= 0.6 is 11.6 Å². The number of carbonyl (C=O) groups excluding carboxylic acids is 1. The molecule has 1 amide bonds. The fourth-order valence-electron chi connectivity index (χ4n) is 3.74. The smallest absolute Gasteiger partial charge is 0.409 e. The molecule has 0 N–H and O–H groups in total. The van der Waals surface area contributed by atoms with Crippen molar-refractivity contribution in [1.82, 2.24) is 19.7 Å². The molecule has 3 heterocycles. The number of aryl methyl sites for hydroxylation is 2. The quantitative estimate of drug-likeness (QED) is 0.768. The van der Waals surface area contributed by atoms with Crippen LogP contribution in [-0.4, -0.2) is 45.5 Å². The first-order valence-electron chi connectivity index (χ1n) is 8.98. The molecule has 1 saturated heterocycles. The highest BCUT2D eigenvalue weighted by molar-refractivity contribution is 6.30. The van der Waals surface area contributed by atoms with Crippen molar-refractivity contribution in [2.45, 2.75) is 32.7 Å². The summed E-state index contributed by atoms with van der Waals surface area (Å²) in [6.07, 6.45) is 3.87. The predicted molar refractivity (Wildman–Crippen MR) is 99.0 cm³/mol. The molecule has 7 heteroatoms. The molecule has 6 nitrogen and oxygen atoms in total. The average molecular weight is 373 g/mol. The second-order valence-electron chi connectivity index (χ2n) is 6.52. The summed E-state index contributed by atoms with van der Waals surface area (Å²) in [5.41, 5.74) is 4.83. The lowest BCUT2D eigenvalue weighted by Crippen LogP contribution is -2.37. The fourth-order valence-corrected chi connectivity index (χ4v) is 3.91. The molecule has 0 bridgehead atoms. The molecule has 136 valence electrons. The van der Waals surface area contributed by atoms with Gasteiger partial charge in [0.2, 0.25) is 0 Å². The number of carbonyl (C=O) groups is 1. The molecule has 26 heavy (non-hydrogen) atoms. The Bertz CT molecular complexity index is 864. The highest BCUT2D eigenvalue weighted by Gasteiger charge is 2.27. The third-order valence-corrected chi connectivity index (χ3v) is 5.25. The summed E-state index contributed by atoms with van der Waals surface area (Å²) in [6.45, 7) is 4.34. The molecular weight excluding hydrogens is 352 g/mol. The summed E-state index contributed by atoms with van der Waals surface area (Å²) >= 11 is 6.30. The Kier molecular flexibility index (Phi) is 4.68. The Balaban J connectivity index is 1.74. The van der Waals surface area contributed by atoms with Crippen molar-refractivity contribution in [3.8, 4) is 0 Å². The maximum atomic E-state index is 12.0. The van der Waals surface area contributed by atoms with Crippen molar-refractivity contribution in [3.63, 3.8) is 0 Å². The van der Waals surface area contributed by atoms with Gasteiger partial charge in [-0.05, 0) is 49.4 Å². The zero-order valence-corrected chi connectivity index (χ0v) is 15.5. The zero-order chi connectivity index (χ0) is 18.1. The van der Waals surface area contributed by atoms with E-state index in [0.29, 0.717) is 19.7 Å². The summed E-state index contributed by atoms with van der Waals surface area (Å²) in [5, 5.41) is 5.11. The highest BCUT2D eigenvalue weighted by atomic mass is 35.5. The zero-order valence-electron chi connectivity index (χ0n) is 14.7.